The zero-order valence-electron chi connectivity index (χ0n) is 25.6. The molecule has 7 rings (SSSR count). The Morgan fingerprint density at radius 2 is 1.80 bits per heavy atom. The van der Waals surface area contributed by atoms with Gasteiger partial charge in [-0.05, 0) is 94.2 Å². The smallest absolute Gasteiger partial charge is 0.462 e. The summed E-state index contributed by atoms with van der Waals surface area (Å²) in [6.45, 7) is 2.83. The molecule has 2 bridgehead atoms. The third kappa shape index (κ3) is 6.06. The van der Waals surface area contributed by atoms with E-state index in [2.05, 4.69) is 9.89 Å². The molecule has 9 nitrogen and oxygen atoms in total. The summed E-state index contributed by atoms with van der Waals surface area (Å²) in [6, 6.07) is 11.4. The number of amides is 2. The van der Waals surface area contributed by atoms with Crippen LogP contribution in [0.15, 0.2) is 47.0 Å². The van der Waals surface area contributed by atoms with Crippen LogP contribution in [-0.4, -0.2) is 59.8 Å². The van der Waals surface area contributed by atoms with Crippen molar-refractivity contribution in [2.24, 2.45) is 0 Å². The van der Waals surface area contributed by atoms with E-state index < -0.39 is 6.36 Å². The summed E-state index contributed by atoms with van der Waals surface area (Å²) >= 11 is 0. The van der Waals surface area contributed by atoms with Crippen LogP contribution in [0, 0.1) is 0 Å². The van der Waals surface area contributed by atoms with Gasteiger partial charge in [-0.1, -0.05) is 17.3 Å². The first kappa shape index (κ1) is 30.6. The number of hydrogen-bond donors (Lipinski definition) is 0. The van der Waals surface area contributed by atoms with Crippen molar-refractivity contribution in [2.75, 3.05) is 18.1 Å². The number of alkyl halides is 3. The molecule has 12 heteroatoms. The lowest BCUT2D eigenvalue weighted by Gasteiger charge is -2.42. The van der Waals surface area contributed by atoms with Gasteiger partial charge in [-0.2, -0.15) is 0 Å². The van der Waals surface area contributed by atoms with E-state index in [9.17, 15) is 22.8 Å². The van der Waals surface area contributed by atoms with Crippen LogP contribution in [0.4, 0.5) is 23.7 Å². The summed E-state index contributed by atoms with van der Waals surface area (Å²) in [5.41, 5.74) is 3.44. The number of esters is 1. The molecular weight excluding hydrogens is 603 g/mol. The molecule has 1 aromatic heterocycles. The molecule has 2 aromatic carbocycles. The average molecular weight is 640 g/mol. The monoisotopic (exact) mass is 639 g/mol. The zero-order valence-corrected chi connectivity index (χ0v) is 25.6. The minimum atomic E-state index is -4.84. The van der Waals surface area contributed by atoms with Gasteiger partial charge in [0.2, 0.25) is 0 Å². The number of hydrogen-bond acceptors (Lipinski definition) is 7. The minimum Gasteiger partial charge on any atom is -0.462 e. The van der Waals surface area contributed by atoms with Gasteiger partial charge in [-0.3, -0.25) is 4.90 Å². The maximum atomic E-state index is 14.0. The van der Waals surface area contributed by atoms with Gasteiger partial charge in [0.1, 0.15) is 17.2 Å². The number of piperidine rings is 1. The number of aromatic nitrogens is 1. The fourth-order valence-corrected chi connectivity index (χ4v) is 7.27. The molecule has 3 aliphatic heterocycles. The second kappa shape index (κ2) is 12.3. The van der Waals surface area contributed by atoms with Crippen LogP contribution in [0.3, 0.4) is 0 Å². The number of rotatable bonds is 8. The molecule has 244 valence electrons. The maximum absolute atomic E-state index is 14.0. The number of carbonyl (C=O) groups is 2. The summed E-state index contributed by atoms with van der Waals surface area (Å²) < 4.78 is 61.1. The Bertz CT molecular complexity index is 1610. The number of ether oxygens (including phenoxy) is 3. The van der Waals surface area contributed by atoms with E-state index in [-0.39, 0.29) is 54.0 Å². The lowest BCUT2D eigenvalue weighted by molar-refractivity contribution is -0.274. The molecule has 2 unspecified atom stereocenters. The van der Waals surface area contributed by atoms with Crippen LogP contribution in [0.5, 0.6) is 5.75 Å². The Kier molecular flexibility index (Phi) is 8.16. The van der Waals surface area contributed by atoms with Crippen LogP contribution in [-0.2, 0) is 22.5 Å². The number of benzene rings is 2. The largest absolute Gasteiger partial charge is 0.573 e. The molecule has 4 aliphatic rings. The highest BCUT2D eigenvalue weighted by Gasteiger charge is 2.46. The molecule has 2 atom stereocenters. The third-order valence-electron chi connectivity index (χ3n) is 9.45. The molecule has 3 aromatic rings. The van der Waals surface area contributed by atoms with E-state index in [1.807, 2.05) is 21.9 Å². The molecule has 1 saturated carbocycles. The standard InChI is InChI=1S/C34H36F3N3O6/c1-2-43-32(41)22-11-14-28-21(16-22)6-5-15-39(28)33(42)40-23-12-13-24(40)18-25(17-23)44-19-27-30(38-46-31(27)20-9-10-20)26-7-3-4-8-29(26)45-34(35,36)37/h3-4,7-8,11,14,16,20,23-25H,2,5-6,9-10,12-13,15,17-19H2,1H3. The predicted octanol–water partition coefficient (Wildman–Crippen LogP) is 7.38. The van der Waals surface area contributed by atoms with Gasteiger partial charge in [-0.15, -0.1) is 13.2 Å². The Balaban J connectivity index is 1.05. The molecule has 3 fully saturated rings. The number of anilines is 1. The fourth-order valence-electron chi connectivity index (χ4n) is 7.27. The number of urea groups is 1. The molecule has 4 heterocycles. The fraction of sp³-hybridized carbons (Fsp3) is 0.500. The van der Waals surface area contributed by atoms with Crippen LogP contribution in [0.25, 0.3) is 11.3 Å². The quantitative estimate of drug-likeness (QED) is 0.238. The average Bonchev–Trinajstić information content (AvgIpc) is 3.74. The van der Waals surface area contributed by atoms with Crippen molar-refractivity contribution in [3.63, 3.8) is 0 Å². The molecular formula is C34H36F3N3O6. The van der Waals surface area contributed by atoms with Crippen LogP contribution in [0.1, 0.15) is 85.0 Å². The zero-order chi connectivity index (χ0) is 32.0. The Morgan fingerprint density at radius 1 is 1.04 bits per heavy atom. The van der Waals surface area contributed by atoms with E-state index >= 15 is 0 Å². The second-order valence-electron chi connectivity index (χ2n) is 12.5. The van der Waals surface area contributed by atoms with Gasteiger partial charge >= 0.3 is 18.4 Å². The summed E-state index contributed by atoms with van der Waals surface area (Å²) in [5, 5.41) is 4.19. The highest BCUT2D eigenvalue weighted by molar-refractivity contribution is 5.96. The van der Waals surface area contributed by atoms with Crippen LogP contribution >= 0.6 is 0 Å². The molecule has 46 heavy (non-hydrogen) atoms. The lowest BCUT2D eigenvalue weighted by Crippen LogP contribution is -2.54. The number of aryl methyl sites for hydroxylation is 1. The van der Waals surface area contributed by atoms with E-state index in [1.165, 1.54) is 12.1 Å². The molecule has 2 amide bonds. The SMILES string of the molecule is CCOC(=O)c1ccc2c(c1)CCCN2C(=O)N1C2CCC1CC(OCc1c(-c3ccccc3OC(F)(F)F)noc1C1CC1)C2. The Labute approximate surface area is 264 Å². The number of carbonyl (C=O) groups excluding carboxylic acids is 2. The van der Waals surface area contributed by atoms with Gasteiger partial charge in [0.25, 0.3) is 0 Å². The molecule has 0 spiro atoms. The van der Waals surface area contributed by atoms with Crippen molar-refractivity contribution in [3.8, 4) is 17.0 Å². The van der Waals surface area contributed by atoms with Gasteiger partial charge in [-0.25, -0.2) is 9.59 Å². The van der Waals surface area contributed by atoms with Crippen molar-refractivity contribution in [1.29, 1.82) is 0 Å². The number of halogens is 3. The first-order chi connectivity index (χ1) is 22.2. The molecule has 0 radical (unpaired) electrons. The van der Waals surface area contributed by atoms with Gasteiger partial charge in [0.05, 0.1) is 24.9 Å². The minimum absolute atomic E-state index is 0.0191. The molecule has 2 saturated heterocycles. The highest BCUT2D eigenvalue weighted by Crippen LogP contribution is 2.46. The molecule has 1 aliphatic carbocycles. The van der Waals surface area contributed by atoms with Crippen LogP contribution in [0.2, 0.25) is 0 Å². The Morgan fingerprint density at radius 3 is 2.52 bits per heavy atom. The normalized spacial score (nSPS) is 22.5. The number of nitrogens with zero attached hydrogens (tertiary/aromatic N) is 3. The number of fused-ring (bicyclic) bond motifs is 3. The summed E-state index contributed by atoms with van der Waals surface area (Å²) in [5.74, 6) is 0.123. The highest BCUT2D eigenvalue weighted by atomic mass is 19.4. The second-order valence-corrected chi connectivity index (χ2v) is 12.5. The third-order valence-corrected chi connectivity index (χ3v) is 9.45. The first-order valence-corrected chi connectivity index (χ1v) is 16.0. The van der Waals surface area contributed by atoms with Crippen molar-refractivity contribution in [2.45, 2.75) is 95.4 Å². The summed E-state index contributed by atoms with van der Waals surface area (Å²) in [7, 11) is 0. The van der Waals surface area contributed by atoms with Crippen LogP contribution < -0.4 is 9.64 Å². The first-order valence-electron chi connectivity index (χ1n) is 16.0. The van der Waals surface area contributed by atoms with Crippen molar-refractivity contribution in [3.05, 3.63) is 64.9 Å². The molecule has 0 N–H and O–H groups in total. The number of para-hydroxylation sites is 1. The van der Waals surface area contributed by atoms with Gasteiger partial charge in [0, 0.05) is 41.4 Å². The van der Waals surface area contributed by atoms with Crippen molar-refractivity contribution < 1.29 is 41.5 Å². The summed E-state index contributed by atoms with van der Waals surface area (Å²) in [6.07, 6.45) is 1.57. The Hall–Kier alpha value is -4.06. The van der Waals surface area contributed by atoms with Crippen molar-refractivity contribution in [1.82, 2.24) is 10.1 Å². The topological polar surface area (TPSA) is 94.3 Å². The van der Waals surface area contributed by atoms with Gasteiger partial charge in [0.15, 0.2) is 0 Å². The van der Waals surface area contributed by atoms with E-state index in [0.717, 1.165) is 49.8 Å². The van der Waals surface area contributed by atoms with E-state index in [4.69, 9.17) is 14.0 Å². The van der Waals surface area contributed by atoms with Crippen molar-refractivity contribution >= 4 is 17.7 Å². The predicted molar refractivity (Wildman–Crippen MR) is 161 cm³/mol. The summed E-state index contributed by atoms with van der Waals surface area (Å²) in [4.78, 5) is 30.1. The van der Waals surface area contributed by atoms with E-state index in [1.54, 1.807) is 25.1 Å². The van der Waals surface area contributed by atoms with Gasteiger partial charge < -0.3 is 23.6 Å². The maximum Gasteiger partial charge on any atom is 0.573 e. The lowest BCUT2D eigenvalue weighted by atomic mass is 9.97. The van der Waals surface area contributed by atoms with E-state index in [0.29, 0.717) is 48.6 Å².